The van der Waals surface area contributed by atoms with E-state index >= 15 is 0 Å². The number of carbonyl (C=O) groups excluding carboxylic acids is 7. The maximum absolute atomic E-state index is 14.7. The number of hydrogen-bond acceptors (Lipinski definition) is 23. The maximum atomic E-state index is 14.7. The number of rotatable bonds is 23. The summed E-state index contributed by atoms with van der Waals surface area (Å²) >= 11 is 0.0730. The van der Waals surface area contributed by atoms with E-state index in [1.54, 1.807) is 31.4 Å². The minimum atomic E-state index is -2.14. The Balaban J connectivity index is 1.12. The van der Waals surface area contributed by atoms with E-state index in [4.69, 9.17) is 25.5 Å². The van der Waals surface area contributed by atoms with Gasteiger partial charge in [0.25, 0.3) is 18.2 Å². The van der Waals surface area contributed by atoms with Gasteiger partial charge in [-0.05, 0) is 98.8 Å². The predicted octanol–water partition coefficient (Wildman–Crippen LogP) is -0.458. The molecule has 4 aliphatic heterocycles. The number of benzene rings is 3. The number of unbranched alkanes of at least 4 members (excludes halogenated alkanes) is 4. The molecule has 0 bridgehead atoms. The van der Waals surface area contributed by atoms with Crippen LogP contribution < -0.4 is 45.3 Å². The highest BCUT2D eigenvalue weighted by Gasteiger charge is 2.50. The summed E-state index contributed by atoms with van der Waals surface area (Å²) in [7, 11) is 1.71. The molecule has 4 saturated heterocycles. The van der Waals surface area contributed by atoms with Gasteiger partial charge in [-0.1, -0.05) is 41.6 Å². The first-order valence-corrected chi connectivity index (χ1v) is 31.6. The Labute approximate surface area is 542 Å². The van der Waals surface area contributed by atoms with E-state index in [1.807, 2.05) is 0 Å². The average Bonchev–Trinajstić information content (AvgIpc) is 1.76. The van der Waals surface area contributed by atoms with E-state index in [2.05, 4.69) is 76.6 Å². The van der Waals surface area contributed by atoms with Crippen molar-refractivity contribution in [2.45, 2.75) is 152 Å². The fourth-order valence-electron chi connectivity index (χ4n) is 12.0. The second-order valence-electron chi connectivity index (χ2n) is 24.0. The summed E-state index contributed by atoms with van der Waals surface area (Å²) in [6.45, 7) is 15.9. The van der Waals surface area contributed by atoms with Crippen LogP contribution in [0.2, 0.25) is 0 Å². The predicted molar refractivity (Wildman–Crippen MR) is 335 cm³/mol. The van der Waals surface area contributed by atoms with Gasteiger partial charge < -0.3 is 100 Å². The van der Waals surface area contributed by atoms with Gasteiger partial charge in [-0.3, -0.25) is 33.6 Å². The molecule has 3 aromatic rings. The Morgan fingerprint density at radius 2 is 1.37 bits per heavy atom. The molecule has 7 rings (SSSR count). The standard InChI is InChI=1S/C62H86N10O20S/c1-34-24-41(25-35(2)55(34)89-23-11-9-7-8-10-22-88-6)70-20-18-69(19-21-70)40-15-13-39(14-16-40)56(80)65-44-28-42(74)30-64-60(84)53-54(79)36(3)32-72(53)62(86)52(48(78)31-63-5)68-59(83)51(47(77)26-38-12-17-46(76)49(27-38)90-93-92-91-87)67-58(82)45-29-43(75)33-71(45)61(85)50(37(4)73)66-57(44)81/h12-17,24-25,27,36-37,42-45,47-48,50-54,73-79,87H,7-11,18-23,26,28-33H2,1-4,6H3,(H,64,84)(H,65,80)(H,66,81)(H,67,82)(H,68,83)/t36-,37+,42+,43+,44+,45+,47-,48-,50+,51+,52+,53+,54+/m1/s1. The fourth-order valence-corrected chi connectivity index (χ4v) is 12.2. The number of nitrogens with one attached hydrogen (secondary N) is 5. The molecule has 4 fully saturated rings. The molecule has 4 aliphatic rings. The van der Waals surface area contributed by atoms with Gasteiger partial charge in [0, 0.05) is 102 Å². The molecule has 0 aliphatic carbocycles. The van der Waals surface area contributed by atoms with Crippen LogP contribution in [0.15, 0.2) is 54.6 Å². The first-order chi connectivity index (χ1) is 44.4. The summed E-state index contributed by atoms with van der Waals surface area (Å²) in [4.78, 5) is 111. The third-order valence-corrected chi connectivity index (χ3v) is 17.4. The molecule has 0 saturated carbocycles. The van der Waals surface area contributed by atoms with Gasteiger partial charge in [-0.15, -0.1) is 0 Å². The summed E-state index contributed by atoms with van der Waals surface area (Å²) in [6, 6.07) is 3.07. The van der Waals surface area contributed by atoms with E-state index in [-0.39, 0.29) is 35.7 Å². The van der Waals surface area contributed by atoms with Gasteiger partial charge in [-0.2, -0.15) is 0 Å². The van der Waals surface area contributed by atoms with Crippen molar-refractivity contribution in [3.63, 3.8) is 0 Å². The molecule has 93 heavy (non-hydrogen) atoms. The number of aliphatic hydroxyl groups excluding tert-OH is 6. The smallest absolute Gasteiger partial charge is 0.261 e. The molecule has 30 nitrogen and oxygen atoms in total. The summed E-state index contributed by atoms with van der Waals surface area (Å²) in [5.41, 5.74) is 4.20. The van der Waals surface area contributed by atoms with Crippen LogP contribution in [0.3, 0.4) is 0 Å². The molecule has 4 heterocycles. The lowest BCUT2D eigenvalue weighted by Crippen LogP contribution is -2.64. The van der Waals surface area contributed by atoms with E-state index in [0.29, 0.717) is 32.8 Å². The first kappa shape index (κ1) is 72.8. The third-order valence-electron chi connectivity index (χ3n) is 17.0. The zero-order chi connectivity index (χ0) is 67.6. The van der Waals surface area contributed by atoms with Crippen LogP contribution in [0.5, 0.6) is 17.2 Å². The number of anilines is 2. The number of carbonyl (C=O) groups is 7. The molecular weight excluding hydrogens is 1240 g/mol. The van der Waals surface area contributed by atoms with Gasteiger partial charge in [0.05, 0.1) is 37.1 Å². The molecule has 3 aromatic carbocycles. The van der Waals surface area contributed by atoms with Crippen molar-refractivity contribution in [1.82, 2.24) is 36.4 Å². The van der Waals surface area contributed by atoms with Crippen LogP contribution in [0.1, 0.15) is 85.8 Å². The van der Waals surface area contributed by atoms with Gasteiger partial charge in [-0.25, -0.2) is 11.8 Å². The molecule has 0 spiro atoms. The van der Waals surface area contributed by atoms with Crippen molar-refractivity contribution < 1.29 is 97.6 Å². The van der Waals surface area contributed by atoms with Crippen molar-refractivity contribution in [3.05, 3.63) is 88.3 Å². The maximum Gasteiger partial charge on any atom is 0.261 e. The number of ether oxygens (including phenoxy) is 2. The number of fused-ring (bicyclic) bond motifs is 2. The lowest BCUT2D eigenvalue weighted by molar-refractivity contribution is -0.433. The van der Waals surface area contributed by atoms with Gasteiger partial charge >= 0.3 is 0 Å². The number of nitrogens with zero attached hydrogens (tertiary/aromatic N) is 5. The largest absolute Gasteiger partial charge is 0.504 e. The number of β-amino-alcohol motifs (C(OH)–C–C–N with tert-alkyl or cyclic N) is 1. The SMILES string of the molecule is [C-]#[N+]C[C@@H](O)[C@@H]1NC(=O)[C@H]([C@H](O)Cc2ccc(O)c(OSOOO)c2)NC(=O)[C@@H]2C[C@H](O)CN2C(=O)[C@H]([C@H](C)O)NC(=O)[C@@H](NC(=O)c2ccc(N3CCN(c4cc(C)c(OCCCCCCCOC)c(C)c4)CC3)cc2)C[C@H](O)CNC(=O)[C@@H]2[C@@H](O)[C@H](C)CN2C1=O. The van der Waals surface area contributed by atoms with E-state index in [9.17, 15) is 69.3 Å². The second-order valence-corrected chi connectivity index (χ2v) is 24.4. The number of aromatic hydroxyl groups is 1. The lowest BCUT2D eigenvalue weighted by Gasteiger charge is -2.37. The summed E-state index contributed by atoms with van der Waals surface area (Å²) < 4.78 is 20.7. The topological polar surface area (TPSA) is 405 Å². The van der Waals surface area contributed by atoms with E-state index < -0.39 is 165 Å². The number of aryl methyl sites for hydroxylation is 2. The van der Waals surface area contributed by atoms with Gasteiger partial charge in [0.1, 0.15) is 42.0 Å². The second kappa shape index (κ2) is 34.5. The summed E-state index contributed by atoms with van der Waals surface area (Å²) in [6.07, 6.45) is -6.82. The van der Waals surface area contributed by atoms with Crippen LogP contribution in [-0.2, 0) is 49.3 Å². The highest BCUT2D eigenvalue weighted by atomic mass is 32.2. The summed E-state index contributed by atoms with van der Waals surface area (Å²) in [5, 5.41) is 103. The molecule has 31 heteroatoms. The Hall–Kier alpha value is -7.61. The van der Waals surface area contributed by atoms with Gasteiger partial charge in [0.2, 0.25) is 42.0 Å². The Morgan fingerprint density at radius 3 is 2.01 bits per heavy atom. The molecule has 13 N–H and O–H groups in total. The van der Waals surface area contributed by atoms with E-state index in [0.717, 1.165) is 89.8 Å². The minimum Gasteiger partial charge on any atom is -0.504 e. The monoisotopic (exact) mass is 1320 g/mol. The molecule has 0 aromatic heterocycles. The average molecular weight is 1320 g/mol. The molecule has 510 valence electrons. The third kappa shape index (κ3) is 19.3. The van der Waals surface area contributed by atoms with Crippen molar-refractivity contribution in [1.29, 1.82) is 0 Å². The zero-order valence-electron chi connectivity index (χ0n) is 52.6. The highest BCUT2D eigenvalue weighted by Crippen LogP contribution is 2.33. The number of amides is 7. The van der Waals surface area contributed by atoms with Crippen LogP contribution in [0.4, 0.5) is 11.4 Å². The first-order valence-electron chi connectivity index (χ1n) is 30.9. The minimum absolute atomic E-state index is 0.0730. The number of aliphatic hydroxyl groups is 6. The summed E-state index contributed by atoms with van der Waals surface area (Å²) in [5.74, 6) is -8.59. The number of piperazine rings is 1. The van der Waals surface area contributed by atoms with Crippen molar-refractivity contribution >= 4 is 65.0 Å². The number of methoxy groups -OCH3 is 1. The number of phenolic OH excluding ortho intramolecular Hbond substituents is 1. The quantitative estimate of drug-likeness (QED) is 0.0188. The lowest BCUT2D eigenvalue weighted by atomic mass is 9.99. The fraction of sp³-hybridized carbons (Fsp3) is 0.581. The van der Waals surface area contributed by atoms with Crippen molar-refractivity contribution in [2.75, 3.05) is 82.5 Å². The molecular formula is C62H86N10O20S. The Bertz CT molecular complexity index is 3080. The molecule has 7 amide bonds. The number of hydrogen-bond donors (Lipinski definition) is 13. The van der Waals surface area contributed by atoms with Crippen LogP contribution in [0.25, 0.3) is 4.85 Å². The van der Waals surface area contributed by atoms with Crippen molar-refractivity contribution in [2.24, 2.45) is 5.92 Å². The van der Waals surface area contributed by atoms with Crippen molar-refractivity contribution in [3.8, 4) is 17.2 Å². The Kier molecular flexibility index (Phi) is 27.0. The van der Waals surface area contributed by atoms with Crippen LogP contribution >= 0.6 is 12.3 Å². The molecule has 0 unspecified atom stereocenters. The van der Waals surface area contributed by atoms with E-state index in [1.165, 1.54) is 19.1 Å². The normalized spacial score (nSPS) is 25.5. The Morgan fingerprint density at radius 1 is 0.742 bits per heavy atom. The number of phenols is 1. The highest BCUT2D eigenvalue weighted by molar-refractivity contribution is 7.90. The van der Waals surface area contributed by atoms with Crippen LogP contribution in [-0.4, -0.2) is 238 Å². The molecule has 0 radical (unpaired) electrons. The van der Waals surface area contributed by atoms with Crippen LogP contribution in [0, 0.1) is 26.3 Å². The zero-order valence-corrected chi connectivity index (χ0v) is 53.4. The molecule has 13 atom stereocenters. The van der Waals surface area contributed by atoms with Gasteiger partial charge in [0.15, 0.2) is 17.6 Å².